The summed E-state index contributed by atoms with van der Waals surface area (Å²) < 4.78 is 13.1. The molecular weight excluding hydrogens is 231 g/mol. The maximum absolute atomic E-state index is 13.1. The van der Waals surface area contributed by atoms with E-state index in [1.165, 1.54) is 0 Å². The van der Waals surface area contributed by atoms with Crippen LogP contribution in [0.1, 0.15) is 0 Å². The first-order chi connectivity index (χ1) is 7.99. The monoisotopic (exact) mass is 236 g/mol. The van der Waals surface area contributed by atoms with Crippen LogP contribution in [-0.2, 0) is 9.59 Å². The summed E-state index contributed by atoms with van der Waals surface area (Å²) in [7, 11) is 0. The Morgan fingerprint density at radius 3 is 2.24 bits per heavy atom. The number of imide groups is 1. The van der Waals surface area contributed by atoms with Crippen molar-refractivity contribution in [1.82, 2.24) is 0 Å². The fourth-order valence-corrected chi connectivity index (χ4v) is 1.45. The first kappa shape index (κ1) is 10.9. The highest BCUT2D eigenvalue weighted by Crippen LogP contribution is 2.25. The summed E-state index contributed by atoms with van der Waals surface area (Å²) in [6.07, 6.45) is 2.03. The molecule has 1 aliphatic heterocycles. The molecule has 0 unspecified atom stereocenters. The van der Waals surface area contributed by atoms with Gasteiger partial charge in [0.25, 0.3) is 17.5 Å². The largest absolute Gasteiger partial charge is 0.274 e. The van der Waals surface area contributed by atoms with Gasteiger partial charge in [0, 0.05) is 18.2 Å². The smallest absolute Gasteiger partial charge is 0.269 e. The molecule has 0 fully saturated rings. The van der Waals surface area contributed by atoms with Crippen LogP contribution in [0, 0.1) is 15.9 Å². The van der Waals surface area contributed by atoms with Gasteiger partial charge in [-0.1, -0.05) is 0 Å². The lowest BCUT2D eigenvalue weighted by Crippen LogP contribution is -2.29. The molecule has 2 amide bonds. The summed E-state index contributed by atoms with van der Waals surface area (Å²) in [6.45, 7) is 0. The van der Waals surface area contributed by atoms with Crippen molar-refractivity contribution in [1.29, 1.82) is 0 Å². The Kier molecular flexibility index (Phi) is 2.43. The van der Waals surface area contributed by atoms with Crippen LogP contribution in [0.3, 0.4) is 0 Å². The third-order valence-corrected chi connectivity index (χ3v) is 2.15. The first-order valence-electron chi connectivity index (χ1n) is 4.50. The number of carbonyl (C=O) groups excluding carboxylic acids is 2. The third-order valence-electron chi connectivity index (χ3n) is 2.15. The maximum atomic E-state index is 13.1. The van der Waals surface area contributed by atoms with Crippen molar-refractivity contribution >= 4 is 23.2 Å². The molecule has 0 spiro atoms. The number of amides is 2. The van der Waals surface area contributed by atoms with E-state index < -0.39 is 28.2 Å². The topological polar surface area (TPSA) is 80.5 Å². The Balaban J connectivity index is 2.49. The molecule has 0 aromatic heterocycles. The molecule has 17 heavy (non-hydrogen) atoms. The van der Waals surface area contributed by atoms with Gasteiger partial charge in [0.05, 0.1) is 16.7 Å². The number of nitrogens with zero attached hydrogens (tertiary/aromatic N) is 2. The molecule has 0 N–H and O–H groups in total. The van der Waals surface area contributed by atoms with Crippen LogP contribution >= 0.6 is 0 Å². The number of nitro groups is 1. The molecule has 1 aromatic rings. The number of hydrogen-bond donors (Lipinski definition) is 0. The number of anilines is 1. The van der Waals surface area contributed by atoms with E-state index >= 15 is 0 Å². The number of halogens is 1. The SMILES string of the molecule is O=C1C=CC(=O)N1c1cc(F)cc([N+](=O)[O-])c1. The Labute approximate surface area is 94.1 Å². The molecule has 1 heterocycles. The minimum Gasteiger partial charge on any atom is -0.269 e. The summed E-state index contributed by atoms with van der Waals surface area (Å²) in [5.41, 5.74) is -0.677. The molecule has 7 heteroatoms. The number of rotatable bonds is 2. The second-order valence-electron chi connectivity index (χ2n) is 3.27. The van der Waals surface area contributed by atoms with E-state index in [1.54, 1.807) is 0 Å². The Hall–Kier alpha value is -2.57. The van der Waals surface area contributed by atoms with Crippen molar-refractivity contribution in [3.05, 3.63) is 46.3 Å². The molecule has 6 nitrogen and oxygen atoms in total. The molecule has 0 radical (unpaired) electrons. The van der Waals surface area contributed by atoms with Gasteiger partial charge in [0.1, 0.15) is 5.82 Å². The van der Waals surface area contributed by atoms with E-state index in [-0.39, 0.29) is 5.69 Å². The molecule has 0 atom stereocenters. The number of non-ortho nitro benzene ring substituents is 1. The summed E-state index contributed by atoms with van der Waals surface area (Å²) >= 11 is 0. The van der Waals surface area contributed by atoms with Gasteiger partial charge in [-0.3, -0.25) is 19.7 Å². The summed E-state index contributed by atoms with van der Waals surface area (Å²) in [4.78, 5) is 33.0. The zero-order valence-electron chi connectivity index (χ0n) is 8.29. The molecular formula is C10H5FN2O4. The summed E-state index contributed by atoms with van der Waals surface area (Å²) in [5, 5.41) is 10.5. The van der Waals surface area contributed by atoms with Gasteiger partial charge < -0.3 is 0 Å². The third kappa shape index (κ3) is 1.89. The minimum atomic E-state index is -0.887. The number of carbonyl (C=O) groups is 2. The van der Waals surface area contributed by atoms with Gasteiger partial charge in [-0.25, -0.2) is 9.29 Å². The number of benzene rings is 1. The minimum absolute atomic E-state index is 0.156. The van der Waals surface area contributed by atoms with E-state index in [1.807, 2.05) is 0 Å². The first-order valence-corrected chi connectivity index (χ1v) is 4.50. The zero-order chi connectivity index (χ0) is 12.6. The predicted molar refractivity (Wildman–Crippen MR) is 54.7 cm³/mol. The normalized spacial score (nSPS) is 14.5. The molecule has 86 valence electrons. The second kappa shape index (κ2) is 3.78. The van der Waals surface area contributed by atoms with Crippen LogP contribution in [0.4, 0.5) is 15.8 Å². The average Bonchev–Trinajstić information content (AvgIpc) is 2.57. The molecule has 0 aliphatic carbocycles. The van der Waals surface area contributed by atoms with E-state index in [4.69, 9.17) is 0 Å². The molecule has 0 bridgehead atoms. The fourth-order valence-electron chi connectivity index (χ4n) is 1.45. The van der Waals surface area contributed by atoms with Crippen LogP contribution in [0.25, 0.3) is 0 Å². The van der Waals surface area contributed by atoms with Crippen LogP contribution in [0.15, 0.2) is 30.4 Å². The van der Waals surface area contributed by atoms with Crippen molar-refractivity contribution in [3.63, 3.8) is 0 Å². The Morgan fingerprint density at radius 1 is 1.12 bits per heavy atom. The molecule has 1 aromatic carbocycles. The highest BCUT2D eigenvalue weighted by Gasteiger charge is 2.27. The molecule has 2 rings (SSSR count). The van der Waals surface area contributed by atoms with Gasteiger partial charge in [-0.2, -0.15) is 0 Å². The van der Waals surface area contributed by atoms with E-state index in [0.29, 0.717) is 11.0 Å². The number of nitro benzene ring substituents is 1. The quantitative estimate of drug-likeness (QED) is 0.438. The molecule has 0 saturated carbocycles. The van der Waals surface area contributed by atoms with Gasteiger partial charge in [0.2, 0.25) is 0 Å². The van der Waals surface area contributed by atoms with Crippen molar-refractivity contribution in [2.75, 3.05) is 4.90 Å². The van der Waals surface area contributed by atoms with Crippen molar-refractivity contribution in [2.45, 2.75) is 0 Å². The number of hydrogen-bond acceptors (Lipinski definition) is 4. The maximum Gasteiger partial charge on any atom is 0.274 e. The van der Waals surface area contributed by atoms with Gasteiger partial charge >= 0.3 is 0 Å². The standard InChI is InChI=1S/C10H5FN2O4/c11-6-3-7(5-8(4-6)13(16)17)12-9(14)1-2-10(12)15/h1-5H. The molecule has 0 saturated heterocycles. The van der Waals surface area contributed by atoms with Crippen LogP contribution < -0.4 is 4.90 Å². The highest BCUT2D eigenvalue weighted by atomic mass is 19.1. The van der Waals surface area contributed by atoms with Crippen LogP contribution in [0.2, 0.25) is 0 Å². The van der Waals surface area contributed by atoms with Crippen LogP contribution in [-0.4, -0.2) is 16.7 Å². The highest BCUT2D eigenvalue weighted by molar-refractivity contribution is 6.28. The lowest BCUT2D eigenvalue weighted by Gasteiger charge is -2.13. The van der Waals surface area contributed by atoms with Crippen LogP contribution in [0.5, 0.6) is 0 Å². The van der Waals surface area contributed by atoms with Gasteiger partial charge in [-0.15, -0.1) is 0 Å². The van der Waals surface area contributed by atoms with Gasteiger partial charge in [-0.05, 0) is 6.07 Å². The summed E-state index contributed by atoms with van der Waals surface area (Å²) in [5.74, 6) is -2.20. The lowest BCUT2D eigenvalue weighted by molar-refractivity contribution is -0.385. The Morgan fingerprint density at radius 2 is 1.71 bits per heavy atom. The zero-order valence-corrected chi connectivity index (χ0v) is 8.29. The van der Waals surface area contributed by atoms with E-state index in [2.05, 4.69) is 0 Å². The van der Waals surface area contributed by atoms with E-state index in [9.17, 15) is 24.1 Å². The second-order valence-corrected chi connectivity index (χ2v) is 3.27. The van der Waals surface area contributed by atoms with Crippen molar-refractivity contribution in [3.8, 4) is 0 Å². The van der Waals surface area contributed by atoms with E-state index in [0.717, 1.165) is 24.3 Å². The molecule has 1 aliphatic rings. The van der Waals surface area contributed by atoms with Gasteiger partial charge in [0.15, 0.2) is 0 Å². The Bertz CT molecular complexity index is 549. The lowest BCUT2D eigenvalue weighted by atomic mass is 10.2. The fraction of sp³-hybridized carbons (Fsp3) is 0. The summed E-state index contributed by atoms with van der Waals surface area (Å²) in [6, 6.07) is 2.56. The average molecular weight is 236 g/mol. The van der Waals surface area contributed by atoms with Crippen molar-refractivity contribution in [2.24, 2.45) is 0 Å². The van der Waals surface area contributed by atoms with Crippen molar-refractivity contribution < 1.29 is 18.9 Å². The predicted octanol–water partition coefficient (Wildman–Crippen LogP) is 1.16.